The van der Waals surface area contributed by atoms with Gasteiger partial charge < -0.3 is 5.21 Å². The van der Waals surface area contributed by atoms with Gasteiger partial charge >= 0.3 is 0 Å². The smallest absolute Gasteiger partial charge is 0.0421 e. The number of hydrogen-bond donors (Lipinski definition) is 1. The first-order chi connectivity index (χ1) is 5.26. The van der Waals surface area contributed by atoms with Gasteiger partial charge in [0.15, 0.2) is 0 Å². The van der Waals surface area contributed by atoms with Crippen LogP contribution in [0.3, 0.4) is 0 Å². The summed E-state index contributed by atoms with van der Waals surface area (Å²) in [6.07, 6.45) is 1.99. The Morgan fingerprint density at radius 2 is 1.50 bits per heavy atom. The Hall–Kier alpha value is 0.400. The van der Waals surface area contributed by atoms with E-state index < -0.39 is 0 Å². The third-order valence-corrected chi connectivity index (χ3v) is 3.24. The molecule has 0 amide bonds. The zero-order valence-corrected chi connectivity index (χ0v) is 9.85. The lowest BCUT2D eigenvalue weighted by Crippen LogP contribution is -2.59. The van der Waals surface area contributed by atoms with E-state index in [1.165, 1.54) is 5.06 Å². The number of hydrogen-bond acceptors (Lipinski definition) is 2. The van der Waals surface area contributed by atoms with E-state index in [9.17, 15) is 5.21 Å². The molecule has 0 radical (unpaired) electrons. The van der Waals surface area contributed by atoms with Crippen molar-refractivity contribution >= 4 is 15.9 Å². The Balaban J connectivity index is 2.84. The molecule has 72 valence electrons. The van der Waals surface area contributed by atoms with Gasteiger partial charge in [0.2, 0.25) is 0 Å². The van der Waals surface area contributed by atoms with Gasteiger partial charge in [-0.25, -0.2) is 0 Å². The maximum absolute atomic E-state index is 9.90. The summed E-state index contributed by atoms with van der Waals surface area (Å²) in [7, 11) is 0. The van der Waals surface area contributed by atoms with Crippen LogP contribution in [0, 0.1) is 0 Å². The molecule has 2 nitrogen and oxygen atoms in total. The van der Waals surface area contributed by atoms with Crippen LogP contribution in [0.4, 0.5) is 0 Å². The molecule has 0 bridgehead atoms. The molecule has 1 aliphatic rings. The average Bonchev–Trinajstić information content (AvgIpc) is 1.80. The molecule has 0 aromatic carbocycles. The SMILES string of the molecule is CC1(C)CC(Br)CC(C)(C)N1O. The van der Waals surface area contributed by atoms with Crippen molar-refractivity contribution in [3.05, 3.63) is 0 Å². The lowest BCUT2D eigenvalue weighted by molar-refractivity contribution is -0.240. The molecule has 0 saturated carbocycles. The van der Waals surface area contributed by atoms with Crippen LogP contribution >= 0.6 is 15.9 Å². The van der Waals surface area contributed by atoms with Gasteiger partial charge in [-0.3, -0.25) is 0 Å². The lowest BCUT2D eigenvalue weighted by atomic mass is 9.82. The van der Waals surface area contributed by atoms with Gasteiger partial charge in [0.1, 0.15) is 0 Å². The minimum Gasteiger partial charge on any atom is -0.313 e. The molecule has 1 N–H and O–H groups in total. The molecule has 0 aliphatic carbocycles. The van der Waals surface area contributed by atoms with Gasteiger partial charge in [-0.1, -0.05) is 15.9 Å². The maximum Gasteiger partial charge on any atom is 0.0421 e. The molecule has 1 heterocycles. The van der Waals surface area contributed by atoms with Crippen LogP contribution in [-0.4, -0.2) is 26.2 Å². The van der Waals surface area contributed by atoms with Crippen molar-refractivity contribution in [3.63, 3.8) is 0 Å². The van der Waals surface area contributed by atoms with Gasteiger partial charge in [0.25, 0.3) is 0 Å². The standard InChI is InChI=1S/C9H18BrNO/c1-8(2)5-7(10)6-9(3,4)11(8)12/h7,12H,5-6H2,1-4H3. The van der Waals surface area contributed by atoms with Gasteiger partial charge in [-0.05, 0) is 40.5 Å². The lowest BCUT2D eigenvalue weighted by Gasteiger charge is -2.50. The molecule has 0 aromatic rings. The number of rotatable bonds is 0. The molecule has 0 spiro atoms. The van der Waals surface area contributed by atoms with Crippen LogP contribution in [-0.2, 0) is 0 Å². The van der Waals surface area contributed by atoms with E-state index >= 15 is 0 Å². The molecule has 0 unspecified atom stereocenters. The minimum absolute atomic E-state index is 0.115. The van der Waals surface area contributed by atoms with Crippen molar-refractivity contribution in [2.75, 3.05) is 0 Å². The zero-order valence-electron chi connectivity index (χ0n) is 8.26. The fourth-order valence-electron chi connectivity index (χ4n) is 2.15. The fraction of sp³-hybridized carbons (Fsp3) is 1.00. The van der Waals surface area contributed by atoms with E-state index in [0.717, 1.165) is 12.8 Å². The first-order valence-electron chi connectivity index (χ1n) is 4.39. The largest absolute Gasteiger partial charge is 0.313 e. The van der Waals surface area contributed by atoms with Crippen molar-refractivity contribution in [3.8, 4) is 0 Å². The topological polar surface area (TPSA) is 23.5 Å². The first-order valence-corrected chi connectivity index (χ1v) is 5.30. The van der Waals surface area contributed by atoms with Crippen LogP contribution in [0.1, 0.15) is 40.5 Å². The summed E-state index contributed by atoms with van der Waals surface area (Å²) in [5.41, 5.74) is -0.230. The number of hydroxylamine groups is 2. The average molecular weight is 236 g/mol. The zero-order chi connectivity index (χ0) is 9.57. The van der Waals surface area contributed by atoms with E-state index in [1.807, 2.05) is 0 Å². The van der Waals surface area contributed by atoms with Crippen molar-refractivity contribution in [1.29, 1.82) is 0 Å². The van der Waals surface area contributed by atoms with Gasteiger partial charge in [0.05, 0.1) is 0 Å². The normalized spacial score (nSPS) is 30.5. The van der Waals surface area contributed by atoms with E-state index in [1.54, 1.807) is 0 Å². The van der Waals surface area contributed by atoms with Crippen molar-refractivity contribution in [2.45, 2.75) is 56.4 Å². The number of alkyl halides is 1. The summed E-state index contributed by atoms with van der Waals surface area (Å²) in [5, 5.41) is 11.4. The summed E-state index contributed by atoms with van der Waals surface area (Å²) in [6.45, 7) is 8.29. The molecular weight excluding hydrogens is 218 g/mol. The monoisotopic (exact) mass is 235 g/mol. The summed E-state index contributed by atoms with van der Waals surface area (Å²) < 4.78 is 0. The summed E-state index contributed by atoms with van der Waals surface area (Å²) in [6, 6.07) is 0. The quantitative estimate of drug-likeness (QED) is 0.654. The Kier molecular flexibility index (Phi) is 2.59. The molecule has 1 saturated heterocycles. The highest BCUT2D eigenvalue weighted by molar-refractivity contribution is 9.09. The molecule has 1 fully saturated rings. The predicted octanol–water partition coefficient (Wildman–Crippen LogP) is 2.79. The van der Waals surface area contributed by atoms with E-state index in [-0.39, 0.29) is 11.1 Å². The Bertz CT molecular complexity index is 161. The van der Waals surface area contributed by atoms with Crippen molar-refractivity contribution in [2.24, 2.45) is 0 Å². The molecular formula is C9H18BrNO. The Morgan fingerprint density at radius 3 is 1.83 bits per heavy atom. The number of nitrogens with zero attached hydrogens (tertiary/aromatic N) is 1. The third-order valence-electron chi connectivity index (χ3n) is 2.59. The van der Waals surface area contributed by atoms with E-state index in [0.29, 0.717) is 4.83 Å². The second-order valence-corrected chi connectivity index (χ2v) is 6.24. The molecule has 12 heavy (non-hydrogen) atoms. The number of halogens is 1. The van der Waals surface area contributed by atoms with Crippen LogP contribution in [0.15, 0.2) is 0 Å². The van der Waals surface area contributed by atoms with Crippen LogP contribution in [0.5, 0.6) is 0 Å². The Labute approximate surface area is 83.0 Å². The number of piperidine rings is 1. The highest BCUT2D eigenvalue weighted by atomic mass is 79.9. The summed E-state index contributed by atoms with van der Waals surface area (Å²) >= 11 is 3.63. The summed E-state index contributed by atoms with van der Waals surface area (Å²) in [5.74, 6) is 0. The van der Waals surface area contributed by atoms with Crippen LogP contribution in [0.2, 0.25) is 0 Å². The van der Waals surface area contributed by atoms with E-state index in [4.69, 9.17) is 0 Å². The van der Waals surface area contributed by atoms with Crippen LogP contribution < -0.4 is 0 Å². The second kappa shape index (κ2) is 2.96. The molecule has 0 aromatic heterocycles. The second-order valence-electron chi connectivity index (χ2n) is 4.94. The molecule has 0 atom stereocenters. The highest BCUT2D eigenvalue weighted by Crippen LogP contribution is 2.39. The Morgan fingerprint density at radius 1 is 1.17 bits per heavy atom. The predicted molar refractivity (Wildman–Crippen MR) is 53.7 cm³/mol. The molecule has 1 aliphatic heterocycles. The van der Waals surface area contributed by atoms with Crippen molar-refractivity contribution in [1.82, 2.24) is 5.06 Å². The van der Waals surface area contributed by atoms with Gasteiger partial charge in [-0.2, -0.15) is 5.06 Å². The first kappa shape index (κ1) is 10.5. The van der Waals surface area contributed by atoms with Crippen molar-refractivity contribution < 1.29 is 5.21 Å². The van der Waals surface area contributed by atoms with Gasteiger partial charge in [-0.15, -0.1) is 0 Å². The molecule has 3 heteroatoms. The molecule has 1 rings (SSSR count). The third kappa shape index (κ3) is 1.83. The fourth-order valence-corrected chi connectivity index (χ4v) is 3.73. The highest BCUT2D eigenvalue weighted by Gasteiger charge is 2.44. The minimum atomic E-state index is -0.115. The van der Waals surface area contributed by atoms with Gasteiger partial charge in [0, 0.05) is 15.9 Å². The van der Waals surface area contributed by atoms with Crippen LogP contribution in [0.25, 0.3) is 0 Å². The van der Waals surface area contributed by atoms with E-state index in [2.05, 4.69) is 43.6 Å². The summed E-state index contributed by atoms with van der Waals surface area (Å²) in [4.78, 5) is 0.519. The maximum atomic E-state index is 9.90.